The first-order valence-corrected chi connectivity index (χ1v) is 22.0. The third kappa shape index (κ3) is 38.0. The van der Waals surface area contributed by atoms with E-state index in [4.69, 9.17) is 24.3 Å². The molecule has 294 valence electrons. The van der Waals surface area contributed by atoms with Crippen molar-refractivity contribution in [1.29, 1.82) is 0 Å². The summed E-state index contributed by atoms with van der Waals surface area (Å²) in [4.78, 5) is 22.3. The van der Waals surface area contributed by atoms with Crippen LogP contribution in [-0.4, -0.2) is 49.9 Å². The Labute approximate surface area is 308 Å². The van der Waals surface area contributed by atoms with Crippen LogP contribution >= 0.6 is 7.82 Å². The second-order valence-electron chi connectivity index (χ2n) is 13.5. The van der Waals surface area contributed by atoms with Crippen molar-refractivity contribution in [2.75, 3.05) is 33.0 Å². The van der Waals surface area contributed by atoms with Gasteiger partial charge in [-0.1, -0.05) is 140 Å². The standard InChI is InChI=1S/C41H78NO7P/c1-3-5-7-9-11-13-15-17-19-21-23-25-27-29-31-33-36-46-40(39-49-50(44,45)48-37-35-42)38-47-41(43)34-32-30-28-26-24-22-20-18-16-14-12-10-8-6-4-2/h11,13,17-20,40H,3-10,12,14-16,21-39,42H2,1-2H3,(H,44,45)/b13-11-,19-17-,20-18-. The Morgan fingerprint density at radius 1 is 0.600 bits per heavy atom. The van der Waals surface area contributed by atoms with Crippen molar-refractivity contribution in [2.24, 2.45) is 5.73 Å². The average Bonchev–Trinajstić information content (AvgIpc) is 3.11. The Balaban J connectivity index is 4.09. The molecule has 0 aliphatic heterocycles. The number of allylic oxidation sites excluding steroid dienone is 6. The van der Waals surface area contributed by atoms with E-state index in [1.165, 1.54) is 103 Å². The number of phosphoric acid groups is 1. The van der Waals surface area contributed by atoms with Crippen molar-refractivity contribution >= 4 is 13.8 Å². The predicted molar refractivity (Wildman–Crippen MR) is 210 cm³/mol. The minimum Gasteiger partial charge on any atom is -0.463 e. The third-order valence-corrected chi connectivity index (χ3v) is 9.55. The molecule has 0 fully saturated rings. The number of carbonyl (C=O) groups is 1. The molecule has 2 unspecified atom stereocenters. The summed E-state index contributed by atoms with van der Waals surface area (Å²) in [5.74, 6) is -0.281. The number of nitrogens with two attached hydrogens (primary N) is 1. The molecule has 0 bridgehead atoms. The van der Waals surface area contributed by atoms with E-state index in [-0.39, 0.29) is 32.3 Å². The van der Waals surface area contributed by atoms with E-state index in [2.05, 4.69) is 50.3 Å². The summed E-state index contributed by atoms with van der Waals surface area (Å²) in [6, 6.07) is 0. The van der Waals surface area contributed by atoms with Crippen LogP contribution < -0.4 is 5.73 Å². The quantitative estimate of drug-likeness (QED) is 0.0278. The first kappa shape index (κ1) is 48.7. The van der Waals surface area contributed by atoms with Crippen LogP contribution in [0.3, 0.4) is 0 Å². The maximum atomic E-state index is 12.4. The van der Waals surface area contributed by atoms with Crippen LogP contribution in [-0.2, 0) is 27.9 Å². The molecule has 0 aromatic rings. The van der Waals surface area contributed by atoms with Crippen LogP contribution in [0.15, 0.2) is 36.5 Å². The van der Waals surface area contributed by atoms with Crippen LogP contribution in [0.4, 0.5) is 0 Å². The normalized spacial score (nSPS) is 13.9. The molecule has 0 spiro atoms. The van der Waals surface area contributed by atoms with Gasteiger partial charge in [0.25, 0.3) is 0 Å². The Hall–Kier alpha value is -1.28. The van der Waals surface area contributed by atoms with Gasteiger partial charge in [0.15, 0.2) is 0 Å². The average molecular weight is 728 g/mol. The van der Waals surface area contributed by atoms with E-state index < -0.39 is 13.9 Å². The summed E-state index contributed by atoms with van der Waals surface area (Å²) in [5, 5.41) is 0. The van der Waals surface area contributed by atoms with Gasteiger partial charge in [-0.25, -0.2) is 4.57 Å². The highest BCUT2D eigenvalue weighted by atomic mass is 31.2. The molecule has 0 saturated carbocycles. The lowest BCUT2D eigenvalue weighted by Crippen LogP contribution is -2.27. The summed E-state index contributed by atoms with van der Waals surface area (Å²) < 4.78 is 33.4. The maximum Gasteiger partial charge on any atom is 0.472 e. The Morgan fingerprint density at radius 2 is 1.06 bits per heavy atom. The number of unbranched alkanes of at least 4 members (excludes halogenated alkanes) is 20. The molecule has 0 saturated heterocycles. The molecule has 3 N–H and O–H groups in total. The lowest BCUT2D eigenvalue weighted by atomic mass is 10.1. The number of esters is 1. The van der Waals surface area contributed by atoms with Crippen LogP contribution in [0.1, 0.15) is 181 Å². The molecule has 0 aliphatic carbocycles. The molecule has 9 heteroatoms. The zero-order valence-electron chi connectivity index (χ0n) is 32.4. The highest BCUT2D eigenvalue weighted by molar-refractivity contribution is 7.47. The van der Waals surface area contributed by atoms with Gasteiger partial charge >= 0.3 is 13.8 Å². The van der Waals surface area contributed by atoms with Crippen molar-refractivity contribution in [3.05, 3.63) is 36.5 Å². The molecule has 2 atom stereocenters. The van der Waals surface area contributed by atoms with Crippen LogP contribution in [0.25, 0.3) is 0 Å². The van der Waals surface area contributed by atoms with Crippen molar-refractivity contribution in [1.82, 2.24) is 0 Å². The molecular formula is C41H78NO7P. The number of carbonyl (C=O) groups excluding carboxylic acids is 1. The van der Waals surface area contributed by atoms with Crippen LogP contribution in [0.5, 0.6) is 0 Å². The van der Waals surface area contributed by atoms with Gasteiger partial charge in [-0.2, -0.15) is 0 Å². The van der Waals surface area contributed by atoms with Crippen LogP contribution in [0.2, 0.25) is 0 Å². The Morgan fingerprint density at radius 3 is 1.62 bits per heavy atom. The largest absolute Gasteiger partial charge is 0.472 e. The van der Waals surface area contributed by atoms with Crippen molar-refractivity contribution < 1.29 is 32.8 Å². The first-order chi connectivity index (χ1) is 24.4. The smallest absolute Gasteiger partial charge is 0.463 e. The van der Waals surface area contributed by atoms with Gasteiger partial charge < -0.3 is 20.1 Å². The lowest BCUT2D eigenvalue weighted by molar-refractivity contribution is -0.149. The number of hydrogen-bond acceptors (Lipinski definition) is 7. The summed E-state index contributed by atoms with van der Waals surface area (Å²) >= 11 is 0. The predicted octanol–water partition coefficient (Wildman–Crippen LogP) is 11.9. The summed E-state index contributed by atoms with van der Waals surface area (Å²) in [6.07, 6.45) is 43.1. The van der Waals surface area contributed by atoms with E-state index >= 15 is 0 Å². The summed E-state index contributed by atoms with van der Waals surface area (Å²) in [5.41, 5.74) is 5.36. The Kier molecular flexibility index (Phi) is 37.9. The second kappa shape index (κ2) is 38.9. The molecular weight excluding hydrogens is 649 g/mol. The summed E-state index contributed by atoms with van der Waals surface area (Å²) in [6.45, 7) is 4.75. The van der Waals surface area contributed by atoms with Gasteiger partial charge in [-0.05, 0) is 70.6 Å². The zero-order valence-corrected chi connectivity index (χ0v) is 33.3. The second-order valence-corrected chi connectivity index (χ2v) is 14.9. The molecule has 50 heavy (non-hydrogen) atoms. The topological polar surface area (TPSA) is 117 Å². The van der Waals surface area contributed by atoms with Gasteiger partial charge in [0, 0.05) is 19.6 Å². The van der Waals surface area contributed by atoms with Gasteiger partial charge in [-0.3, -0.25) is 13.8 Å². The minimum atomic E-state index is -4.25. The van der Waals surface area contributed by atoms with Gasteiger partial charge in [0.05, 0.1) is 13.2 Å². The highest BCUT2D eigenvalue weighted by Gasteiger charge is 2.24. The number of rotatable bonds is 39. The molecule has 0 amide bonds. The van der Waals surface area contributed by atoms with Gasteiger partial charge in [0.1, 0.15) is 12.7 Å². The third-order valence-electron chi connectivity index (χ3n) is 8.57. The molecule has 0 aliphatic rings. The van der Waals surface area contributed by atoms with Crippen molar-refractivity contribution in [2.45, 2.75) is 187 Å². The van der Waals surface area contributed by atoms with Gasteiger partial charge in [-0.15, -0.1) is 0 Å². The minimum absolute atomic E-state index is 0.0248. The van der Waals surface area contributed by atoms with Gasteiger partial charge in [0.2, 0.25) is 0 Å². The number of phosphoric ester groups is 1. The maximum absolute atomic E-state index is 12.4. The van der Waals surface area contributed by atoms with Crippen molar-refractivity contribution in [3.8, 4) is 0 Å². The number of hydrogen-bond donors (Lipinski definition) is 2. The summed E-state index contributed by atoms with van der Waals surface area (Å²) in [7, 11) is -4.25. The lowest BCUT2D eigenvalue weighted by Gasteiger charge is -2.20. The first-order valence-electron chi connectivity index (χ1n) is 20.5. The molecule has 0 rings (SSSR count). The molecule has 0 aromatic carbocycles. The zero-order chi connectivity index (χ0) is 36.6. The molecule has 0 aromatic heterocycles. The number of ether oxygens (including phenoxy) is 2. The van der Waals surface area contributed by atoms with Crippen LogP contribution in [0, 0.1) is 0 Å². The monoisotopic (exact) mass is 728 g/mol. The SMILES string of the molecule is CCCCC/C=C\C/C=C\CCCCCCCCOC(COC(=O)CCCCCCC/C=C\CCCCCCCC)COP(=O)(O)OCCN. The van der Waals surface area contributed by atoms with E-state index in [9.17, 15) is 14.3 Å². The molecule has 8 nitrogen and oxygen atoms in total. The van der Waals surface area contributed by atoms with E-state index in [0.29, 0.717) is 13.0 Å². The molecule has 0 radical (unpaired) electrons. The fraction of sp³-hybridized carbons (Fsp3) is 0.829. The Bertz CT molecular complexity index is 864. The van der Waals surface area contributed by atoms with Crippen molar-refractivity contribution in [3.63, 3.8) is 0 Å². The molecule has 0 heterocycles. The van der Waals surface area contributed by atoms with E-state index in [0.717, 1.165) is 57.8 Å². The van der Waals surface area contributed by atoms with E-state index in [1.807, 2.05) is 0 Å². The van der Waals surface area contributed by atoms with E-state index in [1.54, 1.807) is 0 Å². The highest BCUT2D eigenvalue weighted by Crippen LogP contribution is 2.43. The fourth-order valence-electron chi connectivity index (χ4n) is 5.47. The fourth-order valence-corrected chi connectivity index (χ4v) is 6.23.